The number of rotatable bonds is 6. The van der Waals surface area contributed by atoms with Crippen LogP contribution in [0.2, 0.25) is 0 Å². The lowest BCUT2D eigenvalue weighted by molar-refractivity contribution is -0.114. The molecule has 0 bridgehead atoms. The van der Waals surface area contributed by atoms with E-state index in [1.54, 1.807) is 26.8 Å². The molecule has 38 heavy (non-hydrogen) atoms. The first-order valence-electron chi connectivity index (χ1n) is 10.9. The molecule has 2 heterocycles. The molecule has 0 saturated carbocycles. The number of aromatic nitrogens is 2. The molecule has 2 aromatic carbocycles. The smallest absolute Gasteiger partial charge is 0.294 e. The monoisotopic (exact) mass is 558 g/mol. The van der Waals surface area contributed by atoms with E-state index >= 15 is 0 Å². The quantitative estimate of drug-likeness (QED) is 0.305. The zero-order valence-corrected chi connectivity index (χ0v) is 21.9. The van der Waals surface area contributed by atoms with Crippen molar-refractivity contribution in [2.24, 2.45) is 5.10 Å². The molecule has 0 saturated heterocycles. The SMILES string of the molecule is CC1=NN(c2ccc(S(=O)(=O)O)cc2)C(=O)/C1=C/C=C(\C)c1c(C)[nH]n(-c2ccc(S(=O)(=O)O)cc2)c1=O. The second-order valence-electron chi connectivity index (χ2n) is 8.42. The number of hydrazone groups is 1. The predicted octanol–water partition coefficient (Wildman–Crippen LogP) is 2.72. The normalized spacial score (nSPS) is 15.9. The number of allylic oxidation sites excluding steroid dienone is 3. The number of aryl methyl sites for hydroxylation is 1. The zero-order chi connectivity index (χ0) is 28.0. The van der Waals surface area contributed by atoms with Crippen LogP contribution in [0.25, 0.3) is 11.3 Å². The lowest BCUT2D eigenvalue weighted by Crippen LogP contribution is -2.21. The Bertz CT molecular complexity index is 1810. The molecule has 0 spiro atoms. The van der Waals surface area contributed by atoms with E-state index in [0.29, 0.717) is 33.9 Å². The Morgan fingerprint density at radius 3 is 1.87 bits per heavy atom. The van der Waals surface area contributed by atoms with Gasteiger partial charge in [0.25, 0.3) is 31.7 Å². The highest BCUT2D eigenvalue weighted by molar-refractivity contribution is 7.86. The number of H-pyrrole nitrogens is 1. The van der Waals surface area contributed by atoms with Crippen molar-refractivity contribution < 1.29 is 30.7 Å². The van der Waals surface area contributed by atoms with Crippen LogP contribution in [0, 0.1) is 6.92 Å². The van der Waals surface area contributed by atoms with Gasteiger partial charge in [-0.2, -0.15) is 26.9 Å². The average molecular weight is 559 g/mol. The number of hydrogen-bond acceptors (Lipinski definition) is 7. The van der Waals surface area contributed by atoms with Gasteiger partial charge in [-0.15, -0.1) is 0 Å². The van der Waals surface area contributed by atoms with Crippen molar-refractivity contribution in [3.05, 3.63) is 87.9 Å². The minimum atomic E-state index is -4.38. The number of nitrogens with zero attached hydrogens (tertiary/aromatic N) is 3. The van der Waals surface area contributed by atoms with E-state index < -0.39 is 31.7 Å². The minimum absolute atomic E-state index is 0.262. The van der Waals surface area contributed by atoms with Crippen LogP contribution < -0.4 is 10.6 Å². The fourth-order valence-corrected chi connectivity index (χ4v) is 4.86. The zero-order valence-electron chi connectivity index (χ0n) is 20.3. The molecular weight excluding hydrogens is 536 g/mol. The van der Waals surface area contributed by atoms with Gasteiger partial charge in [0.15, 0.2) is 0 Å². The van der Waals surface area contributed by atoms with Crippen molar-refractivity contribution in [3.63, 3.8) is 0 Å². The molecule has 1 amide bonds. The molecular formula is C24H22N4O8S2. The van der Waals surface area contributed by atoms with E-state index in [4.69, 9.17) is 9.11 Å². The third-order valence-corrected chi connectivity index (χ3v) is 7.54. The van der Waals surface area contributed by atoms with E-state index in [2.05, 4.69) is 10.2 Å². The second-order valence-corrected chi connectivity index (χ2v) is 11.3. The van der Waals surface area contributed by atoms with Crippen molar-refractivity contribution in [1.29, 1.82) is 0 Å². The third kappa shape index (κ3) is 5.15. The highest BCUT2D eigenvalue weighted by atomic mass is 32.2. The highest BCUT2D eigenvalue weighted by Crippen LogP contribution is 2.26. The number of hydrogen-bond donors (Lipinski definition) is 3. The maximum Gasteiger partial charge on any atom is 0.294 e. The van der Waals surface area contributed by atoms with Gasteiger partial charge in [0.05, 0.1) is 38.0 Å². The summed E-state index contributed by atoms with van der Waals surface area (Å²) in [4.78, 5) is 25.5. The van der Waals surface area contributed by atoms with Gasteiger partial charge >= 0.3 is 0 Å². The van der Waals surface area contributed by atoms with Crippen LogP contribution in [0.15, 0.2) is 85.9 Å². The van der Waals surface area contributed by atoms with Crippen LogP contribution in [0.1, 0.15) is 25.1 Å². The number of amides is 1. The summed E-state index contributed by atoms with van der Waals surface area (Å²) in [7, 11) is -8.75. The Labute approximate surface area is 217 Å². The van der Waals surface area contributed by atoms with Crippen LogP contribution in [0.5, 0.6) is 0 Å². The van der Waals surface area contributed by atoms with Gasteiger partial charge in [-0.05, 0) is 81.0 Å². The number of nitrogens with one attached hydrogen (secondary N) is 1. The summed E-state index contributed by atoms with van der Waals surface area (Å²) in [6, 6.07) is 10.1. The van der Waals surface area contributed by atoms with Crippen molar-refractivity contribution >= 4 is 43.1 Å². The molecule has 0 fully saturated rings. The lowest BCUT2D eigenvalue weighted by atomic mass is 10.1. The van der Waals surface area contributed by atoms with E-state index in [-0.39, 0.29) is 15.4 Å². The van der Waals surface area contributed by atoms with Gasteiger partial charge in [0, 0.05) is 5.69 Å². The lowest BCUT2D eigenvalue weighted by Gasteiger charge is -2.11. The number of anilines is 1. The van der Waals surface area contributed by atoms with Crippen molar-refractivity contribution in [1.82, 2.24) is 9.78 Å². The fraction of sp³-hybridized carbons (Fsp3) is 0.125. The Morgan fingerprint density at radius 2 is 1.37 bits per heavy atom. The first kappa shape index (κ1) is 26.9. The first-order valence-corrected chi connectivity index (χ1v) is 13.8. The molecule has 1 aliphatic heterocycles. The minimum Gasteiger partial charge on any atom is -0.295 e. The summed E-state index contributed by atoms with van der Waals surface area (Å²) in [6.07, 6.45) is 3.13. The molecule has 12 nitrogen and oxygen atoms in total. The largest absolute Gasteiger partial charge is 0.295 e. The van der Waals surface area contributed by atoms with Crippen LogP contribution in [-0.2, 0) is 25.0 Å². The summed E-state index contributed by atoms with van der Waals surface area (Å²) in [5.74, 6) is -0.465. The summed E-state index contributed by atoms with van der Waals surface area (Å²) in [6.45, 7) is 5.01. The molecule has 1 aliphatic rings. The molecule has 4 rings (SSSR count). The van der Waals surface area contributed by atoms with Crippen LogP contribution in [-0.4, -0.2) is 47.3 Å². The number of carbonyl (C=O) groups excluding carboxylic acids is 1. The molecule has 3 N–H and O–H groups in total. The van der Waals surface area contributed by atoms with Gasteiger partial charge in [0.2, 0.25) is 0 Å². The Morgan fingerprint density at radius 1 is 0.868 bits per heavy atom. The topological polar surface area (TPSA) is 179 Å². The van der Waals surface area contributed by atoms with Crippen LogP contribution in [0.3, 0.4) is 0 Å². The Hall–Kier alpha value is -4.11. The highest BCUT2D eigenvalue weighted by Gasteiger charge is 2.28. The van der Waals surface area contributed by atoms with Gasteiger partial charge in [-0.1, -0.05) is 6.08 Å². The van der Waals surface area contributed by atoms with Crippen molar-refractivity contribution in [3.8, 4) is 5.69 Å². The summed E-state index contributed by atoms with van der Waals surface area (Å²) in [5, 5.41) is 8.25. The molecule has 0 radical (unpaired) electrons. The van der Waals surface area contributed by atoms with Gasteiger partial charge in [0.1, 0.15) is 0 Å². The maximum atomic E-state index is 13.1. The molecule has 1 aromatic heterocycles. The van der Waals surface area contributed by atoms with Gasteiger partial charge in [-0.25, -0.2) is 4.68 Å². The molecule has 0 unspecified atom stereocenters. The van der Waals surface area contributed by atoms with E-state index in [0.717, 1.165) is 17.1 Å². The molecule has 0 aliphatic carbocycles. The first-order chi connectivity index (χ1) is 17.7. The predicted molar refractivity (Wildman–Crippen MR) is 140 cm³/mol. The molecule has 198 valence electrons. The molecule has 14 heteroatoms. The average Bonchev–Trinajstić information content (AvgIpc) is 3.30. The fourth-order valence-electron chi connectivity index (χ4n) is 3.90. The van der Waals surface area contributed by atoms with Crippen molar-refractivity contribution in [2.45, 2.75) is 30.6 Å². The van der Waals surface area contributed by atoms with Gasteiger partial charge < -0.3 is 0 Å². The van der Waals surface area contributed by atoms with E-state index in [1.165, 1.54) is 47.2 Å². The molecule has 0 atom stereocenters. The number of aromatic amines is 1. The Balaban J connectivity index is 1.62. The number of benzene rings is 2. The maximum absolute atomic E-state index is 13.1. The van der Waals surface area contributed by atoms with E-state index in [9.17, 15) is 26.4 Å². The number of carbonyl (C=O) groups is 1. The molecule has 3 aromatic rings. The van der Waals surface area contributed by atoms with Crippen LogP contribution in [0.4, 0.5) is 5.69 Å². The van der Waals surface area contributed by atoms with Gasteiger partial charge in [-0.3, -0.25) is 23.8 Å². The summed E-state index contributed by atoms with van der Waals surface area (Å²) in [5.41, 5.74) is 2.34. The van der Waals surface area contributed by atoms with Crippen molar-refractivity contribution in [2.75, 3.05) is 5.01 Å². The second kappa shape index (κ2) is 9.64. The summed E-state index contributed by atoms with van der Waals surface area (Å²) < 4.78 is 64.6. The third-order valence-electron chi connectivity index (χ3n) is 5.80. The summed E-state index contributed by atoms with van der Waals surface area (Å²) >= 11 is 0. The van der Waals surface area contributed by atoms with E-state index in [1.807, 2.05) is 0 Å². The Kier molecular flexibility index (Phi) is 6.84. The standard InChI is InChI=1S/C24H22N4O8S2/c1-14(22-16(3)26-28(24(22)30)18-7-11-20(12-8-18)38(34,35)36)4-13-21-15(2)25-27(23(21)29)17-5-9-19(10-6-17)37(31,32)33/h4-13,26H,1-3H3,(H,31,32,33)(H,34,35,36)/b14-4+,21-13+. The van der Waals surface area contributed by atoms with Crippen LogP contribution >= 0.6 is 0 Å².